The lowest BCUT2D eigenvalue weighted by Crippen LogP contribution is -2.60. The first kappa shape index (κ1) is 58.8. The Morgan fingerprint density at radius 3 is 1.52 bits per heavy atom. The molecule has 6 unspecified atom stereocenters. The lowest BCUT2D eigenvalue weighted by atomic mass is 10.00. The van der Waals surface area contributed by atoms with Crippen molar-refractivity contribution in [2.45, 2.75) is 205 Å². The van der Waals surface area contributed by atoms with Gasteiger partial charge in [0.2, 0.25) is 0 Å². The molecular weight excluding hydrogens is 837 g/mol. The van der Waals surface area contributed by atoms with Crippen molar-refractivity contribution in [2.75, 3.05) is 19.0 Å². The van der Waals surface area contributed by atoms with E-state index in [-0.39, 0.29) is 19.4 Å². The van der Waals surface area contributed by atoms with Crippen LogP contribution in [-0.2, 0) is 38.7 Å². The van der Waals surface area contributed by atoms with E-state index >= 15 is 0 Å². The zero-order chi connectivity index (χ0) is 46.9. The van der Waals surface area contributed by atoms with Crippen LogP contribution in [0.1, 0.15) is 168 Å². The fraction of sp³-hybridized carbons (Fsp3) is 0.686. The smallest absolute Gasteiger partial charge is 0.306 e. The summed E-state index contributed by atoms with van der Waals surface area (Å²) < 4.78 is 54.1. The van der Waals surface area contributed by atoms with E-state index in [0.29, 0.717) is 19.3 Å². The van der Waals surface area contributed by atoms with Gasteiger partial charge in [0, 0.05) is 12.8 Å². The minimum absolute atomic E-state index is 0.0807. The normalized spacial score (nSPS) is 20.4. The lowest BCUT2D eigenvalue weighted by Gasteiger charge is -2.40. The van der Waals surface area contributed by atoms with Gasteiger partial charge < -0.3 is 34.3 Å². The minimum atomic E-state index is -4.62. The molecular formula is C51H84O12S. The van der Waals surface area contributed by atoms with Crippen LogP contribution in [0.4, 0.5) is 0 Å². The second-order valence-electron chi connectivity index (χ2n) is 16.4. The molecule has 0 bridgehead atoms. The molecule has 4 N–H and O–H groups in total. The number of allylic oxidation sites excluding steroid dienone is 14. The van der Waals surface area contributed by atoms with E-state index in [9.17, 15) is 37.9 Å². The van der Waals surface area contributed by atoms with Gasteiger partial charge in [0.1, 0.15) is 36.8 Å². The van der Waals surface area contributed by atoms with Gasteiger partial charge in [-0.2, -0.15) is 8.42 Å². The van der Waals surface area contributed by atoms with Gasteiger partial charge in [-0.3, -0.25) is 14.1 Å². The predicted molar refractivity (Wildman–Crippen MR) is 256 cm³/mol. The average Bonchev–Trinajstić information content (AvgIpc) is 3.26. The molecule has 0 radical (unpaired) electrons. The highest BCUT2D eigenvalue weighted by atomic mass is 32.2. The molecule has 1 saturated heterocycles. The molecule has 64 heavy (non-hydrogen) atoms. The van der Waals surface area contributed by atoms with Crippen LogP contribution in [0, 0.1) is 0 Å². The van der Waals surface area contributed by atoms with Crippen molar-refractivity contribution in [2.24, 2.45) is 0 Å². The second kappa shape index (κ2) is 40.1. The molecule has 6 atom stereocenters. The van der Waals surface area contributed by atoms with Crippen molar-refractivity contribution < 1.29 is 56.8 Å². The Hall–Kier alpha value is -3.17. The van der Waals surface area contributed by atoms with E-state index in [1.807, 2.05) is 12.2 Å². The SMILES string of the molecule is CC/C=C\C/C=C\C/C=C\C/C=C\C/C=C\CCCC(=O)OC(COC(=O)CCCCCCCCCCC/C=C\C/C=C\CCCCC)COC1OC(CS(=O)(=O)O)C(O)C(O)C1O. The maximum atomic E-state index is 12.8. The molecule has 0 spiro atoms. The number of esters is 2. The first-order valence-corrected chi connectivity index (χ1v) is 25.8. The third-order valence-corrected chi connectivity index (χ3v) is 11.2. The molecule has 12 nitrogen and oxygen atoms in total. The van der Waals surface area contributed by atoms with Crippen LogP contribution >= 0.6 is 0 Å². The molecule has 1 fully saturated rings. The first-order chi connectivity index (χ1) is 31.0. The molecule has 0 amide bonds. The van der Waals surface area contributed by atoms with Crippen LogP contribution in [0.2, 0.25) is 0 Å². The predicted octanol–water partition coefficient (Wildman–Crippen LogP) is 10.4. The van der Waals surface area contributed by atoms with Gasteiger partial charge in [0.05, 0.1) is 6.61 Å². The second-order valence-corrected chi connectivity index (χ2v) is 17.9. The van der Waals surface area contributed by atoms with Gasteiger partial charge >= 0.3 is 11.9 Å². The van der Waals surface area contributed by atoms with Crippen LogP contribution in [0.3, 0.4) is 0 Å². The molecule has 0 saturated carbocycles. The number of carbonyl (C=O) groups is 2. The minimum Gasteiger partial charge on any atom is -0.462 e. The van der Waals surface area contributed by atoms with Gasteiger partial charge in [0.25, 0.3) is 10.1 Å². The molecule has 0 aromatic rings. The zero-order valence-corrected chi connectivity index (χ0v) is 39.9. The van der Waals surface area contributed by atoms with Crippen molar-refractivity contribution in [1.29, 1.82) is 0 Å². The maximum Gasteiger partial charge on any atom is 0.306 e. The van der Waals surface area contributed by atoms with Crippen LogP contribution in [0.25, 0.3) is 0 Å². The summed E-state index contributed by atoms with van der Waals surface area (Å²) in [5, 5.41) is 30.9. The van der Waals surface area contributed by atoms with Gasteiger partial charge in [-0.05, 0) is 83.5 Å². The largest absolute Gasteiger partial charge is 0.462 e. The van der Waals surface area contributed by atoms with E-state index < -0.39 is 71.2 Å². The van der Waals surface area contributed by atoms with Gasteiger partial charge in [-0.25, -0.2) is 0 Å². The molecule has 1 aliphatic rings. The summed E-state index contributed by atoms with van der Waals surface area (Å²) in [7, 11) is -4.62. The summed E-state index contributed by atoms with van der Waals surface area (Å²) in [6.45, 7) is 3.57. The maximum absolute atomic E-state index is 12.8. The summed E-state index contributed by atoms with van der Waals surface area (Å²) in [6.07, 6.45) is 43.4. The number of aliphatic hydroxyl groups is 3. The standard InChI is InChI=1S/C51H84O12S/c1-3-5-7-9-11-13-15-17-19-21-22-24-25-27-29-31-33-35-37-39-46(52)60-41-44(42-61-51-50(56)49(55)48(54)45(63-51)43-64(57,58)59)62-47(53)40-38-36-34-32-30-28-26-23-20-18-16-14-12-10-8-6-4-2/h6,8,11-14,17-20,26,28,32,34,44-45,48-51,54-56H,3-5,7,9-10,15-16,21-25,27,29-31,33,35-43H2,1-2H3,(H,57,58,59)/b8-6-,13-11-,14-12-,19-17-,20-18-,28-26-,34-32-. The number of hydrogen-bond acceptors (Lipinski definition) is 11. The average molecular weight is 921 g/mol. The summed E-state index contributed by atoms with van der Waals surface area (Å²) in [4.78, 5) is 25.5. The Morgan fingerprint density at radius 1 is 0.547 bits per heavy atom. The molecule has 0 aliphatic carbocycles. The van der Waals surface area contributed by atoms with Crippen molar-refractivity contribution in [1.82, 2.24) is 0 Å². The highest BCUT2D eigenvalue weighted by Crippen LogP contribution is 2.24. The fourth-order valence-corrected chi connectivity index (χ4v) is 7.43. The van der Waals surface area contributed by atoms with Gasteiger partial charge in [-0.1, -0.05) is 157 Å². The number of carbonyl (C=O) groups excluding carboxylic acids is 2. The van der Waals surface area contributed by atoms with E-state index in [2.05, 4.69) is 86.8 Å². The Morgan fingerprint density at radius 2 is 1.00 bits per heavy atom. The number of ether oxygens (including phenoxy) is 4. The number of hydrogen-bond donors (Lipinski definition) is 4. The van der Waals surface area contributed by atoms with Crippen molar-refractivity contribution in [3.05, 3.63) is 85.1 Å². The molecule has 13 heteroatoms. The highest BCUT2D eigenvalue weighted by molar-refractivity contribution is 7.85. The third-order valence-electron chi connectivity index (χ3n) is 10.5. The Kier molecular flexibility index (Phi) is 36.9. The summed E-state index contributed by atoms with van der Waals surface area (Å²) in [5.41, 5.74) is 0. The van der Waals surface area contributed by atoms with E-state index in [0.717, 1.165) is 64.2 Å². The Balaban J connectivity index is 2.45. The van der Waals surface area contributed by atoms with Crippen LogP contribution in [0.15, 0.2) is 85.1 Å². The van der Waals surface area contributed by atoms with Crippen LogP contribution in [0.5, 0.6) is 0 Å². The summed E-state index contributed by atoms with van der Waals surface area (Å²) >= 11 is 0. The topological polar surface area (TPSA) is 186 Å². The third kappa shape index (κ3) is 34.2. The van der Waals surface area contributed by atoms with Gasteiger partial charge in [0.15, 0.2) is 12.4 Å². The first-order valence-electron chi connectivity index (χ1n) is 24.1. The molecule has 1 aliphatic heterocycles. The zero-order valence-electron chi connectivity index (χ0n) is 39.1. The van der Waals surface area contributed by atoms with Crippen LogP contribution < -0.4 is 0 Å². The summed E-state index contributed by atoms with van der Waals surface area (Å²) in [5.74, 6) is -2.07. The van der Waals surface area contributed by atoms with E-state index in [4.69, 9.17) is 18.9 Å². The summed E-state index contributed by atoms with van der Waals surface area (Å²) in [6, 6.07) is 0. The van der Waals surface area contributed by atoms with Crippen LogP contribution in [-0.4, -0.2) is 96.0 Å². The molecule has 0 aromatic carbocycles. The van der Waals surface area contributed by atoms with E-state index in [1.54, 1.807) is 0 Å². The van der Waals surface area contributed by atoms with Crippen molar-refractivity contribution >= 4 is 22.1 Å². The quantitative estimate of drug-likeness (QED) is 0.0198. The monoisotopic (exact) mass is 921 g/mol. The Labute approximate surface area is 386 Å². The number of rotatable bonds is 39. The highest BCUT2D eigenvalue weighted by Gasteiger charge is 2.46. The lowest BCUT2D eigenvalue weighted by molar-refractivity contribution is -0.297. The number of unbranched alkanes of at least 4 members (excludes halogenated alkanes) is 13. The van der Waals surface area contributed by atoms with Gasteiger partial charge in [-0.15, -0.1) is 0 Å². The Bertz CT molecular complexity index is 1500. The molecule has 0 aromatic heterocycles. The fourth-order valence-electron chi connectivity index (χ4n) is 6.74. The molecule has 1 heterocycles. The molecule has 1 rings (SSSR count). The van der Waals surface area contributed by atoms with Crippen molar-refractivity contribution in [3.8, 4) is 0 Å². The van der Waals surface area contributed by atoms with Crippen molar-refractivity contribution in [3.63, 3.8) is 0 Å². The molecule has 366 valence electrons. The number of aliphatic hydroxyl groups excluding tert-OH is 3. The van der Waals surface area contributed by atoms with E-state index in [1.165, 1.54) is 57.8 Å².